The molecule has 15 heavy (non-hydrogen) atoms. The average molecular weight is 225 g/mol. The molecular formula is C11H19N3S. The largest absolute Gasteiger partial charge is 0.335 e. The molecule has 2 heterocycles. The van der Waals surface area contributed by atoms with Gasteiger partial charge in [-0.1, -0.05) is 0 Å². The molecule has 4 heteroatoms. The monoisotopic (exact) mass is 225 g/mol. The molecule has 84 valence electrons. The van der Waals surface area contributed by atoms with Crippen LogP contribution in [-0.2, 0) is 6.54 Å². The van der Waals surface area contributed by atoms with E-state index in [-0.39, 0.29) is 0 Å². The lowest BCUT2D eigenvalue weighted by atomic mass is 10.3. The first-order valence-electron chi connectivity index (χ1n) is 5.67. The van der Waals surface area contributed by atoms with Gasteiger partial charge >= 0.3 is 0 Å². The van der Waals surface area contributed by atoms with Crippen LogP contribution in [0.25, 0.3) is 0 Å². The Morgan fingerprint density at radius 2 is 2.13 bits per heavy atom. The van der Waals surface area contributed by atoms with Gasteiger partial charge in [0.25, 0.3) is 0 Å². The smallest absolute Gasteiger partial charge is 0.177 e. The van der Waals surface area contributed by atoms with Crippen LogP contribution in [0.5, 0.6) is 0 Å². The third-order valence-electron chi connectivity index (χ3n) is 3.14. The molecule has 1 saturated heterocycles. The average Bonchev–Trinajstić information content (AvgIpc) is 2.76. The van der Waals surface area contributed by atoms with Crippen LogP contribution in [0.1, 0.15) is 25.5 Å². The molecule has 1 aromatic rings. The van der Waals surface area contributed by atoms with Crippen LogP contribution in [0.4, 0.5) is 0 Å². The van der Waals surface area contributed by atoms with Gasteiger partial charge in [-0.2, -0.15) is 0 Å². The molecule has 0 spiro atoms. The zero-order valence-corrected chi connectivity index (χ0v) is 10.3. The molecule has 1 fully saturated rings. The summed E-state index contributed by atoms with van der Waals surface area (Å²) in [5, 5.41) is 0. The first kappa shape index (κ1) is 10.9. The quantitative estimate of drug-likeness (QED) is 0.798. The van der Waals surface area contributed by atoms with Crippen molar-refractivity contribution in [3.63, 3.8) is 0 Å². The van der Waals surface area contributed by atoms with Crippen molar-refractivity contribution in [2.45, 2.75) is 39.3 Å². The van der Waals surface area contributed by atoms with Crippen molar-refractivity contribution in [3.8, 4) is 0 Å². The highest BCUT2D eigenvalue weighted by molar-refractivity contribution is 7.71. The van der Waals surface area contributed by atoms with Crippen LogP contribution in [-0.4, -0.2) is 33.6 Å². The molecule has 0 saturated carbocycles. The van der Waals surface area contributed by atoms with Crippen molar-refractivity contribution in [1.82, 2.24) is 14.5 Å². The molecule has 1 aromatic heterocycles. The van der Waals surface area contributed by atoms with Gasteiger partial charge in [0.05, 0.1) is 0 Å². The molecule has 0 bridgehead atoms. The molecule has 0 aromatic carbocycles. The Labute approximate surface area is 96.1 Å². The van der Waals surface area contributed by atoms with Crippen LogP contribution < -0.4 is 0 Å². The molecule has 2 rings (SSSR count). The van der Waals surface area contributed by atoms with Gasteiger partial charge in [0, 0.05) is 24.5 Å². The maximum absolute atomic E-state index is 5.25. The number of rotatable bonds is 3. The van der Waals surface area contributed by atoms with E-state index in [1.54, 1.807) is 0 Å². The van der Waals surface area contributed by atoms with Crippen LogP contribution in [0.2, 0.25) is 0 Å². The summed E-state index contributed by atoms with van der Waals surface area (Å²) in [6.07, 6.45) is 4.80. The highest BCUT2D eigenvalue weighted by Crippen LogP contribution is 2.13. The minimum absolute atomic E-state index is 0.592. The summed E-state index contributed by atoms with van der Waals surface area (Å²) in [5.74, 6) is 0. The Bertz CT molecular complexity index is 373. The Kier molecular flexibility index (Phi) is 3.26. The van der Waals surface area contributed by atoms with Crippen LogP contribution in [0.15, 0.2) is 6.20 Å². The molecule has 0 aliphatic carbocycles. The highest BCUT2D eigenvalue weighted by atomic mass is 32.1. The van der Waals surface area contributed by atoms with Crippen molar-refractivity contribution in [3.05, 3.63) is 16.7 Å². The van der Waals surface area contributed by atoms with Gasteiger partial charge in [-0.25, -0.2) is 0 Å². The van der Waals surface area contributed by atoms with E-state index in [1.807, 2.05) is 6.92 Å². The second kappa shape index (κ2) is 4.49. The van der Waals surface area contributed by atoms with E-state index in [9.17, 15) is 0 Å². The van der Waals surface area contributed by atoms with Gasteiger partial charge in [0.2, 0.25) is 0 Å². The third-order valence-corrected chi connectivity index (χ3v) is 3.48. The molecule has 1 N–H and O–H groups in total. The summed E-state index contributed by atoms with van der Waals surface area (Å²) >= 11 is 5.25. The van der Waals surface area contributed by atoms with E-state index in [0.29, 0.717) is 6.04 Å². The van der Waals surface area contributed by atoms with Crippen LogP contribution in [0, 0.1) is 11.7 Å². The number of hydrogen-bond donors (Lipinski definition) is 1. The van der Waals surface area contributed by atoms with Crippen LogP contribution in [0.3, 0.4) is 0 Å². The van der Waals surface area contributed by atoms with Crippen molar-refractivity contribution in [2.24, 2.45) is 0 Å². The van der Waals surface area contributed by atoms with Crippen molar-refractivity contribution in [2.75, 3.05) is 13.1 Å². The van der Waals surface area contributed by atoms with Crippen molar-refractivity contribution in [1.29, 1.82) is 0 Å². The molecule has 3 nitrogen and oxygen atoms in total. The predicted molar refractivity (Wildman–Crippen MR) is 64.6 cm³/mol. The zero-order chi connectivity index (χ0) is 10.8. The zero-order valence-electron chi connectivity index (χ0n) is 9.49. The topological polar surface area (TPSA) is 24.0 Å². The number of H-pyrrole nitrogens is 1. The second-order valence-corrected chi connectivity index (χ2v) is 4.87. The molecular weight excluding hydrogens is 206 g/mol. The van der Waals surface area contributed by atoms with E-state index in [4.69, 9.17) is 12.2 Å². The number of hydrogen-bond acceptors (Lipinski definition) is 2. The van der Waals surface area contributed by atoms with Gasteiger partial charge in [-0.05, 0) is 52.0 Å². The fourth-order valence-electron chi connectivity index (χ4n) is 2.28. The fraction of sp³-hybridized carbons (Fsp3) is 0.727. The lowest BCUT2D eigenvalue weighted by molar-refractivity contribution is 0.235. The molecule has 0 amide bonds. The van der Waals surface area contributed by atoms with E-state index >= 15 is 0 Å². The Morgan fingerprint density at radius 1 is 1.47 bits per heavy atom. The lowest BCUT2D eigenvalue weighted by Crippen LogP contribution is -2.33. The number of imidazole rings is 1. The van der Waals surface area contributed by atoms with Gasteiger partial charge in [0.1, 0.15) is 0 Å². The molecule has 0 radical (unpaired) electrons. The molecule has 1 aliphatic heterocycles. The van der Waals surface area contributed by atoms with Gasteiger partial charge in [-0.3, -0.25) is 4.90 Å². The number of aromatic amines is 1. The summed E-state index contributed by atoms with van der Waals surface area (Å²) in [6.45, 7) is 7.83. The summed E-state index contributed by atoms with van der Waals surface area (Å²) in [7, 11) is 0. The Morgan fingerprint density at radius 3 is 2.67 bits per heavy atom. The number of aryl methyl sites for hydroxylation is 1. The first-order chi connectivity index (χ1) is 7.16. The molecule has 1 aliphatic rings. The summed E-state index contributed by atoms with van der Waals surface area (Å²) in [6, 6.07) is 0.592. The molecule has 1 atom stereocenters. The summed E-state index contributed by atoms with van der Waals surface area (Å²) in [4.78, 5) is 5.71. The van der Waals surface area contributed by atoms with E-state index in [1.165, 1.54) is 25.9 Å². The Balaban J connectivity index is 2.01. The first-order valence-corrected chi connectivity index (χ1v) is 6.08. The summed E-state index contributed by atoms with van der Waals surface area (Å²) < 4.78 is 2.99. The van der Waals surface area contributed by atoms with Gasteiger partial charge in [-0.15, -0.1) is 0 Å². The maximum atomic E-state index is 5.25. The number of nitrogens with zero attached hydrogens (tertiary/aromatic N) is 2. The van der Waals surface area contributed by atoms with E-state index < -0.39 is 0 Å². The van der Waals surface area contributed by atoms with E-state index in [2.05, 4.69) is 27.6 Å². The molecule has 1 unspecified atom stereocenters. The van der Waals surface area contributed by atoms with Crippen molar-refractivity contribution >= 4 is 12.2 Å². The number of likely N-dealkylation sites (tertiary alicyclic amines) is 1. The second-order valence-electron chi connectivity index (χ2n) is 4.49. The third kappa shape index (κ3) is 2.49. The lowest BCUT2D eigenvalue weighted by Gasteiger charge is -2.23. The highest BCUT2D eigenvalue weighted by Gasteiger charge is 2.18. The maximum Gasteiger partial charge on any atom is 0.177 e. The number of nitrogens with one attached hydrogen (secondary N) is 1. The van der Waals surface area contributed by atoms with E-state index in [0.717, 1.165) is 17.0 Å². The van der Waals surface area contributed by atoms with Gasteiger partial charge in [0.15, 0.2) is 4.77 Å². The minimum atomic E-state index is 0.592. The normalized spacial score (nSPS) is 19.6. The SMILES string of the molecule is Cc1cn(CC(C)N2CCCC2)c(=S)[nH]1. The predicted octanol–water partition coefficient (Wildman–Crippen LogP) is 2.34. The summed E-state index contributed by atoms with van der Waals surface area (Å²) in [5.41, 5.74) is 1.15. The number of aromatic nitrogens is 2. The minimum Gasteiger partial charge on any atom is -0.335 e. The van der Waals surface area contributed by atoms with Crippen molar-refractivity contribution < 1.29 is 0 Å². The Hall–Kier alpha value is -0.610. The van der Waals surface area contributed by atoms with Gasteiger partial charge < -0.3 is 9.55 Å². The van der Waals surface area contributed by atoms with Crippen LogP contribution >= 0.6 is 12.2 Å². The fourth-order valence-corrected chi connectivity index (χ4v) is 2.57. The standard InChI is InChI=1S/C11H19N3S/c1-9-7-14(11(15)12-9)8-10(2)13-5-3-4-6-13/h7,10H,3-6,8H2,1-2H3,(H,12,15).